The minimum absolute atomic E-state index is 0.0538. The average Bonchev–Trinajstić information content (AvgIpc) is 2.84. The zero-order valence-corrected chi connectivity index (χ0v) is 19.4. The van der Waals surface area contributed by atoms with Gasteiger partial charge in [-0.3, -0.25) is 4.79 Å². The van der Waals surface area contributed by atoms with Crippen molar-refractivity contribution in [3.05, 3.63) is 70.2 Å². The standard InChI is InChI=1S/C22H19BrN2O5S/c1-13-4-9-18-17(10-13)24-22(26)16-11-21(31(27,28)25(2)3)20(12-19(16)30-18)29-15-7-5-14(23)6-8-15/h4-12H,1-3H3,(H,24,26). The molecule has 1 amide bonds. The van der Waals surface area contributed by atoms with E-state index >= 15 is 0 Å². The van der Waals surface area contributed by atoms with Crippen molar-refractivity contribution in [3.63, 3.8) is 0 Å². The van der Waals surface area contributed by atoms with Gasteiger partial charge in [-0.15, -0.1) is 0 Å². The molecule has 0 unspecified atom stereocenters. The predicted molar refractivity (Wildman–Crippen MR) is 121 cm³/mol. The van der Waals surface area contributed by atoms with Crippen LogP contribution in [0.15, 0.2) is 64.0 Å². The van der Waals surface area contributed by atoms with E-state index in [4.69, 9.17) is 9.47 Å². The first-order valence-electron chi connectivity index (χ1n) is 9.29. The third-order valence-electron chi connectivity index (χ3n) is 4.69. The van der Waals surface area contributed by atoms with Gasteiger partial charge >= 0.3 is 0 Å². The lowest BCUT2D eigenvalue weighted by atomic mass is 10.1. The quantitative estimate of drug-likeness (QED) is 0.532. The van der Waals surface area contributed by atoms with Crippen LogP contribution in [-0.2, 0) is 10.0 Å². The fourth-order valence-corrected chi connectivity index (χ4v) is 4.33. The average molecular weight is 503 g/mol. The summed E-state index contributed by atoms with van der Waals surface area (Å²) in [5.74, 6) is 0.677. The van der Waals surface area contributed by atoms with E-state index in [0.29, 0.717) is 17.2 Å². The number of halogens is 1. The van der Waals surface area contributed by atoms with E-state index in [0.717, 1.165) is 14.3 Å². The third-order valence-corrected chi connectivity index (χ3v) is 7.06. The Bertz CT molecular complexity index is 1290. The van der Waals surface area contributed by atoms with Crippen molar-refractivity contribution >= 4 is 37.5 Å². The molecule has 1 aliphatic heterocycles. The summed E-state index contributed by atoms with van der Waals surface area (Å²) < 4.78 is 39.8. The fourth-order valence-electron chi connectivity index (χ4n) is 3.05. The lowest BCUT2D eigenvalue weighted by molar-refractivity contribution is 0.102. The van der Waals surface area contributed by atoms with E-state index in [1.165, 1.54) is 26.2 Å². The number of nitrogens with zero attached hydrogens (tertiary/aromatic N) is 1. The van der Waals surface area contributed by atoms with Crippen LogP contribution in [-0.4, -0.2) is 32.7 Å². The molecule has 160 valence electrons. The van der Waals surface area contributed by atoms with Gasteiger partial charge in [-0.05, 0) is 55.0 Å². The van der Waals surface area contributed by atoms with Gasteiger partial charge in [0.2, 0.25) is 10.0 Å². The Hall–Kier alpha value is -2.88. The minimum Gasteiger partial charge on any atom is -0.456 e. The van der Waals surface area contributed by atoms with Crippen LogP contribution in [0.25, 0.3) is 0 Å². The molecule has 0 spiro atoms. The number of amides is 1. The van der Waals surface area contributed by atoms with Gasteiger partial charge in [-0.1, -0.05) is 22.0 Å². The highest BCUT2D eigenvalue weighted by molar-refractivity contribution is 9.10. The van der Waals surface area contributed by atoms with E-state index < -0.39 is 15.9 Å². The van der Waals surface area contributed by atoms with Crippen molar-refractivity contribution in [2.24, 2.45) is 0 Å². The number of fused-ring (bicyclic) bond motifs is 2. The second kappa shape index (κ2) is 7.99. The summed E-state index contributed by atoms with van der Waals surface area (Å²) >= 11 is 3.36. The molecule has 1 N–H and O–H groups in total. The molecule has 0 fully saturated rings. The molecule has 1 heterocycles. The van der Waals surface area contributed by atoms with Crippen molar-refractivity contribution in [2.45, 2.75) is 11.8 Å². The molecule has 31 heavy (non-hydrogen) atoms. The number of nitrogens with one attached hydrogen (secondary N) is 1. The lowest BCUT2D eigenvalue weighted by Gasteiger charge is -2.18. The number of ether oxygens (including phenoxy) is 2. The summed E-state index contributed by atoms with van der Waals surface area (Å²) in [7, 11) is -1.08. The van der Waals surface area contributed by atoms with Crippen LogP contribution in [0.5, 0.6) is 23.0 Å². The van der Waals surface area contributed by atoms with Gasteiger partial charge in [0, 0.05) is 24.6 Å². The molecule has 3 aromatic carbocycles. The van der Waals surface area contributed by atoms with Crippen LogP contribution in [0.3, 0.4) is 0 Å². The van der Waals surface area contributed by atoms with Crippen molar-refractivity contribution < 1.29 is 22.7 Å². The van der Waals surface area contributed by atoms with Gasteiger partial charge in [0.05, 0.1) is 11.3 Å². The smallest absolute Gasteiger partial charge is 0.259 e. The monoisotopic (exact) mass is 502 g/mol. The van der Waals surface area contributed by atoms with E-state index in [-0.39, 0.29) is 22.0 Å². The molecule has 0 aromatic heterocycles. The maximum atomic E-state index is 13.0. The van der Waals surface area contributed by atoms with E-state index in [1.54, 1.807) is 36.4 Å². The first-order valence-corrected chi connectivity index (χ1v) is 11.5. The Kier molecular flexibility index (Phi) is 5.50. The van der Waals surface area contributed by atoms with Gasteiger partial charge in [0.25, 0.3) is 5.91 Å². The molecular formula is C22H19BrN2O5S. The number of carbonyl (C=O) groups is 1. The van der Waals surface area contributed by atoms with Crippen LogP contribution in [0.2, 0.25) is 0 Å². The Morgan fingerprint density at radius 3 is 2.39 bits per heavy atom. The second-order valence-electron chi connectivity index (χ2n) is 7.19. The first kappa shape index (κ1) is 21.4. The summed E-state index contributed by atoms with van der Waals surface area (Å²) in [4.78, 5) is 12.8. The number of carbonyl (C=O) groups excluding carboxylic acids is 1. The second-order valence-corrected chi connectivity index (χ2v) is 10.2. The molecule has 7 nitrogen and oxygen atoms in total. The fraction of sp³-hybridized carbons (Fsp3) is 0.136. The molecular weight excluding hydrogens is 484 g/mol. The Labute approximate surface area is 188 Å². The summed E-state index contributed by atoms with van der Waals surface area (Å²) in [6.07, 6.45) is 0. The zero-order valence-electron chi connectivity index (χ0n) is 17.0. The molecule has 1 aliphatic rings. The van der Waals surface area contributed by atoms with Crippen molar-refractivity contribution in [1.29, 1.82) is 0 Å². The Balaban J connectivity index is 1.89. The normalized spacial score (nSPS) is 13.0. The van der Waals surface area contributed by atoms with Crippen LogP contribution >= 0.6 is 15.9 Å². The number of benzene rings is 3. The number of sulfonamides is 1. The number of hydrogen-bond donors (Lipinski definition) is 1. The minimum atomic E-state index is -3.92. The van der Waals surface area contributed by atoms with E-state index in [1.807, 2.05) is 13.0 Å². The maximum absolute atomic E-state index is 13.0. The number of rotatable bonds is 4. The molecule has 4 rings (SSSR count). The van der Waals surface area contributed by atoms with Crippen LogP contribution in [0, 0.1) is 6.92 Å². The number of anilines is 1. The number of hydrogen-bond acceptors (Lipinski definition) is 5. The van der Waals surface area contributed by atoms with Gasteiger partial charge in [0.15, 0.2) is 11.5 Å². The number of aryl methyl sites for hydroxylation is 1. The highest BCUT2D eigenvalue weighted by Gasteiger charge is 2.29. The topological polar surface area (TPSA) is 84.9 Å². The molecule has 0 bridgehead atoms. The van der Waals surface area contributed by atoms with E-state index in [2.05, 4.69) is 21.2 Å². The zero-order chi connectivity index (χ0) is 22.3. The van der Waals surface area contributed by atoms with E-state index in [9.17, 15) is 13.2 Å². The first-order chi connectivity index (χ1) is 14.6. The summed E-state index contributed by atoms with van der Waals surface area (Å²) in [5, 5.41) is 2.78. The van der Waals surface area contributed by atoms with Gasteiger partial charge in [-0.25, -0.2) is 12.7 Å². The Morgan fingerprint density at radius 2 is 1.71 bits per heavy atom. The highest BCUT2D eigenvalue weighted by atomic mass is 79.9. The van der Waals surface area contributed by atoms with Gasteiger partial charge in [-0.2, -0.15) is 0 Å². The van der Waals surface area contributed by atoms with Crippen molar-refractivity contribution in [3.8, 4) is 23.0 Å². The molecule has 3 aromatic rings. The Morgan fingerprint density at radius 1 is 1.00 bits per heavy atom. The summed E-state index contributed by atoms with van der Waals surface area (Å²) in [6.45, 7) is 1.90. The van der Waals surface area contributed by atoms with Crippen molar-refractivity contribution in [2.75, 3.05) is 19.4 Å². The van der Waals surface area contributed by atoms with Crippen molar-refractivity contribution in [1.82, 2.24) is 4.31 Å². The van der Waals surface area contributed by atoms with Crippen LogP contribution < -0.4 is 14.8 Å². The SMILES string of the molecule is Cc1ccc2c(c1)NC(=O)c1cc(S(=O)(=O)N(C)C)c(Oc3ccc(Br)cc3)cc1O2. The molecule has 0 saturated carbocycles. The largest absolute Gasteiger partial charge is 0.456 e. The predicted octanol–water partition coefficient (Wildman–Crippen LogP) is 5.16. The van der Waals surface area contributed by atoms with Crippen LogP contribution in [0.4, 0.5) is 5.69 Å². The molecule has 0 radical (unpaired) electrons. The maximum Gasteiger partial charge on any atom is 0.259 e. The lowest BCUT2D eigenvalue weighted by Crippen LogP contribution is -2.23. The molecule has 9 heteroatoms. The molecule has 0 aliphatic carbocycles. The van der Waals surface area contributed by atoms with Gasteiger partial charge in [0.1, 0.15) is 16.4 Å². The van der Waals surface area contributed by atoms with Crippen LogP contribution in [0.1, 0.15) is 15.9 Å². The summed E-state index contributed by atoms with van der Waals surface area (Å²) in [6, 6.07) is 15.1. The third kappa shape index (κ3) is 4.16. The highest BCUT2D eigenvalue weighted by Crippen LogP contribution is 2.42. The molecule has 0 atom stereocenters. The molecule has 0 saturated heterocycles. The summed E-state index contributed by atoms with van der Waals surface area (Å²) in [5.41, 5.74) is 1.55. The van der Waals surface area contributed by atoms with Gasteiger partial charge < -0.3 is 14.8 Å².